The Balaban J connectivity index is 1.84. The predicted octanol–water partition coefficient (Wildman–Crippen LogP) is 3.89. The van der Waals surface area contributed by atoms with E-state index in [-0.39, 0.29) is 27.6 Å². The molecule has 0 heterocycles. The number of benzene rings is 3. The van der Waals surface area contributed by atoms with Gasteiger partial charge in [-0.05, 0) is 42.5 Å². The third-order valence-corrected chi connectivity index (χ3v) is 5.59. The first-order chi connectivity index (χ1) is 14.7. The highest BCUT2D eigenvalue weighted by Gasteiger charge is 2.21. The van der Waals surface area contributed by atoms with Crippen molar-refractivity contribution in [2.45, 2.75) is 4.90 Å². The predicted molar refractivity (Wildman–Crippen MR) is 112 cm³/mol. The molecule has 0 aromatic heterocycles. The number of rotatable bonds is 6. The van der Waals surface area contributed by atoms with Crippen molar-refractivity contribution < 1.29 is 27.1 Å². The van der Waals surface area contributed by atoms with E-state index in [1.54, 1.807) is 12.1 Å². The van der Waals surface area contributed by atoms with E-state index >= 15 is 0 Å². The van der Waals surface area contributed by atoms with Crippen LogP contribution in [0.4, 0.5) is 14.5 Å². The minimum absolute atomic E-state index is 0.0153. The van der Waals surface area contributed by atoms with E-state index in [1.165, 1.54) is 30.3 Å². The number of sulfonamides is 1. The highest BCUT2D eigenvalue weighted by molar-refractivity contribution is 7.92. The van der Waals surface area contributed by atoms with Crippen LogP contribution in [0.2, 0.25) is 5.02 Å². The minimum atomic E-state index is -4.40. The fourth-order valence-electron chi connectivity index (χ4n) is 2.51. The Labute approximate surface area is 181 Å². The van der Waals surface area contributed by atoms with Crippen LogP contribution in [0.25, 0.3) is 0 Å². The molecule has 0 aliphatic carbocycles. The Morgan fingerprint density at radius 1 is 1.06 bits per heavy atom. The van der Waals surface area contributed by atoms with E-state index in [4.69, 9.17) is 11.6 Å². The Morgan fingerprint density at radius 2 is 1.81 bits per heavy atom. The molecule has 0 unspecified atom stereocenters. The molecule has 3 N–H and O–H groups in total. The Bertz CT molecular complexity index is 1280. The molecule has 0 aliphatic heterocycles. The zero-order valence-electron chi connectivity index (χ0n) is 15.5. The summed E-state index contributed by atoms with van der Waals surface area (Å²) < 4.78 is 54.2. The van der Waals surface area contributed by atoms with Crippen molar-refractivity contribution in [3.63, 3.8) is 0 Å². The molecule has 7 nitrogen and oxygen atoms in total. The Hall–Kier alpha value is -3.50. The lowest BCUT2D eigenvalue weighted by molar-refractivity contribution is 0.0952. The summed E-state index contributed by atoms with van der Waals surface area (Å²) in [6.45, 7) is 0. The first-order valence-corrected chi connectivity index (χ1v) is 10.4. The maximum atomic E-state index is 13.9. The number of para-hydroxylation sites is 1. The molecule has 0 bridgehead atoms. The molecule has 0 aliphatic rings. The summed E-state index contributed by atoms with van der Waals surface area (Å²) in [5.41, 5.74) is 2.31. The molecule has 11 heteroatoms. The molecule has 31 heavy (non-hydrogen) atoms. The zero-order chi connectivity index (χ0) is 22.6. The van der Waals surface area contributed by atoms with E-state index in [1.807, 2.05) is 0 Å². The lowest BCUT2D eigenvalue weighted by Gasteiger charge is -2.11. The van der Waals surface area contributed by atoms with Crippen molar-refractivity contribution in [3.8, 4) is 5.75 Å². The van der Waals surface area contributed by atoms with Gasteiger partial charge in [0.1, 0.15) is 22.3 Å². The van der Waals surface area contributed by atoms with E-state index in [0.29, 0.717) is 6.07 Å². The van der Waals surface area contributed by atoms with Gasteiger partial charge in [-0.25, -0.2) is 22.6 Å². The maximum Gasteiger partial charge on any atom is 0.275 e. The SMILES string of the molecule is O=C(NN=Cc1cc(Cl)ccc1NS(=O)(=O)c1ccc(F)cc1F)c1ccccc1O. The molecule has 0 spiro atoms. The second-order valence-corrected chi connectivity index (χ2v) is 8.22. The molecule has 3 aromatic carbocycles. The lowest BCUT2D eigenvalue weighted by atomic mass is 10.2. The number of anilines is 1. The summed E-state index contributed by atoms with van der Waals surface area (Å²) in [7, 11) is -4.40. The molecular weight excluding hydrogens is 452 g/mol. The van der Waals surface area contributed by atoms with Crippen LogP contribution >= 0.6 is 11.6 Å². The number of phenols is 1. The van der Waals surface area contributed by atoms with Gasteiger partial charge in [0.15, 0.2) is 0 Å². The maximum absolute atomic E-state index is 13.9. The number of nitrogens with zero attached hydrogens (tertiary/aromatic N) is 1. The van der Waals surface area contributed by atoms with Crippen LogP contribution in [0.3, 0.4) is 0 Å². The van der Waals surface area contributed by atoms with Crippen LogP contribution < -0.4 is 10.1 Å². The quantitative estimate of drug-likeness (QED) is 0.379. The molecule has 160 valence electrons. The second-order valence-electron chi connectivity index (χ2n) is 6.13. The van der Waals surface area contributed by atoms with Gasteiger partial charge < -0.3 is 5.11 Å². The summed E-state index contributed by atoms with van der Waals surface area (Å²) in [5.74, 6) is -3.12. The van der Waals surface area contributed by atoms with Crippen molar-refractivity contribution in [1.29, 1.82) is 0 Å². The molecule has 0 fully saturated rings. The molecule has 1 amide bonds. The fraction of sp³-hybridized carbons (Fsp3) is 0. The summed E-state index contributed by atoms with van der Waals surface area (Å²) in [6, 6.07) is 11.9. The lowest BCUT2D eigenvalue weighted by Crippen LogP contribution is -2.18. The van der Waals surface area contributed by atoms with Crippen molar-refractivity contribution in [2.24, 2.45) is 5.10 Å². The Morgan fingerprint density at radius 3 is 2.52 bits per heavy atom. The van der Waals surface area contributed by atoms with Gasteiger partial charge in [-0.15, -0.1) is 0 Å². The number of hydrogen-bond acceptors (Lipinski definition) is 5. The van der Waals surface area contributed by atoms with E-state index in [9.17, 15) is 27.1 Å². The number of halogens is 3. The fourth-order valence-corrected chi connectivity index (χ4v) is 3.84. The number of carbonyl (C=O) groups excluding carboxylic acids is 1. The average molecular weight is 466 g/mol. The largest absolute Gasteiger partial charge is 0.507 e. The average Bonchev–Trinajstić information content (AvgIpc) is 2.69. The number of amides is 1. The molecule has 0 radical (unpaired) electrons. The van der Waals surface area contributed by atoms with Crippen LogP contribution in [0.5, 0.6) is 5.75 Å². The summed E-state index contributed by atoms with van der Waals surface area (Å²) in [6.07, 6.45) is 1.11. The third-order valence-electron chi connectivity index (χ3n) is 3.96. The molecule has 3 rings (SSSR count). The standard InChI is InChI=1S/C20H14ClF2N3O4S/c21-13-5-7-17(26-31(29,30)19-8-6-14(22)10-16(19)23)12(9-13)11-24-25-20(28)15-3-1-2-4-18(15)27/h1-11,26-27H,(H,25,28). The van der Waals surface area contributed by atoms with Crippen molar-refractivity contribution in [2.75, 3.05) is 4.72 Å². The van der Waals surface area contributed by atoms with Crippen molar-refractivity contribution in [1.82, 2.24) is 5.43 Å². The second kappa shape index (κ2) is 9.11. The van der Waals surface area contributed by atoms with E-state index < -0.39 is 32.5 Å². The van der Waals surface area contributed by atoms with Gasteiger partial charge >= 0.3 is 0 Å². The van der Waals surface area contributed by atoms with Crippen molar-refractivity contribution in [3.05, 3.63) is 88.4 Å². The zero-order valence-corrected chi connectivity index (χ0v) is 17.1. The number of hydrazone groups is 1. The van der Waals surface area contributed by atoms with Crippen molar-refractivity contribution >= 4 is 39.4 Å². The van der Waals surface area contributed by atoms with Crippen LogP contribution in [-0.4, -0.2) is 25.6 Å². The van der Waals surface area contributed by atoms with Crippen LogP contribution in [-0.2, 0) is 10.0 Å². The summed E-state index contributed by atoms with van der Waals surface area (Å²) >= 11 is 5.94. The van der Waals surface area contributed by atoms with Gasteiger partial charge in [0.05, 0.1) is 17.5 Å². The van der Waals surface area contributed by atoms with Crippen LogP contribution in [0.1, 0.15) is 15.9 Å². The van der Waals surface area contributed by atoms with Gasteiger partial charge in [0.25, 0.3) is 15.9 Å². The van der Waals surface area contributed by atoms with Gasteiger partial charge in [-0.3, -0.25) is 9.52 Å². The van der Waals surface area contributed by atoms with Gasteiger partial charge in [0, 0.05) is 16.7 Å². The van der Waals surface area contributed by atoms with Crippen LogP contribution in [0, 0.1) is 11.6 Å². The number of hydrogen-bond donors (Lipinski definition) is 3. The first kappa shape index (κ1) is 22.2. The number of aromatic hydroxyl groups is 1. The van der Waals surface area contributed by atoms with Gasteiger partial charge in [-0.2, -0.15) is 5.10 Å². The topological polar surface area (TPSA) is 108 Å². The highest BCUT2D eigenvalue weighted by atomic mass is 35.5. The first-order valence-electron chi connectivity index (χ1n) is 8.56. The number of carbonyl (C=O) groups is 1. The third kappa shape index (κ3) is 5.36. The normalized spacial score (nSPS) is 11.5. The van der Waals surface area contributed by atoms with Gasteiger partial charge in [0.2, 0.25) is 0 Å². The molecule has 0 atom stereocenters. The summed E-state index contributed by atoms with van der Waals surface area (Å²) in [5, 5.41) is 13.7. The van der Waals surface area contributed by atoms with E-state index in [0.717, 1.165) is 18.3 Å². The minimum Gasteiger partial charge on any atom is -0.507 e. The van der Waals surface area contributed by atoms with Crippen LogP contribution in [0.15, 0.2) is 70.7 Å². The molecular formula is C20H14ClF2N3O4S. The smallest absolute Gasteiger partial charge is 0.275 e. The number of phenolic OH excluding ortho intramolecular Hbond substituents is 1. The highest BCUT2D eigenvalue weighted by Crippen LogP contribution is 2.24. The summed E-state index contributed by atoms with van der Waals surface area (Å²) in [4.78, 5) is 11.3. The molecule has 0 saturated heterocycles. The van der Waals surface area contributed by atoms with E-state index in [2.05, 4.69) is 15.2 Å². The Kier molecular flexibility index (Phi) is 6.52. The number of nitrogens with one attached hydrogen (secondary N) is 2. The molecule has 0 saturated carbocycles. The van der Waals surface area contributed by atoms with Gasteiger partial charge in [-0.1, -0.05) is 23.7 Å². The monoisotopic (exact) mass is 465 g/mol. The molecule has 3 aromatic rings.